The normalized spacial score (nSPS) is 11.0. The van der Waals surface area contributed by atoms with Crippen molar-refractivity contribution in [2.24, 2.45) is 0 Å². The maximum absolute atomic E-state index is 13.1. The molecule has 0 saturated heterocycles. The molecule has 4 heteroatoms. The molecule has 3 nitrogen and oxygen atoms in total. The van der Waals surface area contributed by atoms with Crippen LogP contribution >= 0.6 is 0 Å². The molecular formula is C19H14FN3. The summed E-state index contributed by atoms with van der Waals surface area (Å²) in [5, 5.41) is 0. The molecule has 0 unspecified atom stereocenters. The predicted octanol–water partition coefficient (Wildman–Crippen LogP) is 4.54. The Bertz CT molecular complexity index is 987. The molecule has 2 aromatic carbocycles. The minimum absolute atomic E-state index is 0.246. The van der Waals surface area contributed by atoms with Gasteiger partial charge in [-0.05, 0) is 48.9 Å². The Morgan fingerprint density at radius 3 is 2.57 bits per heavy atom. The molecule has 0 bridgehead atoms. The third-order valence-corrected chi connectivity index (χ3v) is 4.01. The zero-order chi connectivity index (χ0) is 15.8. The summed E-state index contributed by atoms with van der Waals surface area (Å²) < 4.78 is 15.1. The topological polar surface area (TPSA) is 30.7 Å². The molecular weight excluding hydrogens is 289 g/mol. The van der Waals surface area contributed by atoms with Gasteiger partial charge in [0.15, 0.2) is 0 Å². The Hall–Kier alpha value is -3.01. The smallest absolute Gasteiger partial charge is 0.123 e. The van der Waals surface area contributed by atoms with Gasteiger partial charge in [-0.15, -0.1) is 0 Å². The van der Waals surface area contributed by atoms with E-state index in [0.717, 1.165) is 33.4 Å². The van der Waals surface area contributed by atoms with E-state index in [1.807, 2.05) is 35.0 Å². The predicted molar refractivity (Wildman–Crippen MR) is 89.0 cm³/mol. The van der Waals surface area contributed by atoms with Crippen LogP contribution in [0.2, 0.25) is 0 Å². The lowest BCUT2D eigenvalue weighted by Gasteiger charge is -2.07. The highest BCUT2D eigenvalue weighted by molar-refractivity contribution is 5.93. The van der Waals surface area contributed by atoms with Crippen LogP contribution in [0.3, 0.4) is 0 Å². The number of hydrogen-bond acceptors (Lipinski definition) is 2. The number of rotatable bonds is 2. The molecule has 0 N–H and O–H groups in total. The Morgan fingerprint density at radius 2 is 1.78 bits per heavy atom. The van der Waals surface area contributed by atoms with Crippen molar-refractivity contribution in [2.75, 3.05) is 0 Å². The van der Waals surface area contributed by atoms with Crippen LogP contribution in [-0.4, -0.2) is 14.5 Å². The fourth-order valence-electron chi connectivity index (χ4n) is 2.81. The molecule has 0 aliphatic carbocycles. The summed E-state index contributed by atoms with van der Waals surface area (Å²) in [5.41, 5.74) is 6.06. The van der Waals surface area contributed by atoms with E-state index < -0.39 is 0 Å². The van der Waals surface area contributed by atoms with Gasteiger partial charge in [-0.1, -0.05) is 12.1 Å². The lowest BCUT2D eigenvalue weighted by Crippen LogP contribution is -1.92. The molecule has 0 radical (unpaired) electrons. The molecule has 0 amide bonds. The van der Waals surface area contributed by atoms with E-state index >= 15 is 0 Å². The summed E-state index contributed by atoms with van der Waals surface area (Å²) >= 11 is 0. The van der Waals surface area contributed by atoms with Crippen LogP contribution in [0, 0.1) is 12.7 Å². The molecule has 2 aromatic heterocycles. The summed E-state index contributed by atoms with van der Waals surface area (Å²) in [7, 11) is 0. The molecule has 0 fully saturated rings. The lowest BCUT2D eigenvalue weighted by atomic mass is 10.0. The summed E-state index contributed by atoms with van der Waals surface area (Å²) in [6.45, 7) is 2.06. The molecule has 0 aliphatic rings. The van der Waals surface area contributed by atoms with Gasteiger partial charge in [0.25, 0.3) is 0 Å². The highest BCUT2D eigenvalue weighted by Crippen LogP contribution is 2.30. The van der Waals surface area contributed by atoms with Gasteiger partial charge in [0.05, 0.1) is 11.0 Å². The van der Waals surface area contributed by atoms with E-state index in [1.54, 1.807) is 24.7 Å². The fraction of sp³-hybridized carbons (Fsp3) is 0.0526. The summed E-state index contributed by atoms with van der Waals surface area (Å²) in [6.07, 6.45) is 5.42. The van der Waals surface area contributed by atoms with Crippen LogP contribution in [0.25, 0.3) is 27.8 Å². The van der Waals surface area contributed by atoms with Crippen molar-refractivity contribution in [3.63, 3.8) is 0 Å². The summed E-state index contributed by atoms with van der Waals surface area (Å²) in [6, 6.07) is 14.5. The van der Waals surface area contributed by atoms with Gasteiger partial charge in [0.2, 0.25) is 0 Å². The summed E-state index contributed by atoms with van der Waals surface area (Å²) in [5.74, 6) is -0.246. The van der Waals surface area contributed by atoms with Crippen molar-refractivity contribution in [1.82, 2.24) is 14.5 Å². The molecule has 2 heterocycles. The van der Waals surface area contributed by atoms with Gasteiger partial charge < -0.3 is 0 Å². The monoisotopic (exact) mass is 303 g/mol. The molecule has 4 aromatic rings. The van der Waals surface area contributed by atoms with Crippen LogP contribution in [-0.2, 0) is 0 Å². The quantitative estimate of drug-likeness (QED) is 0.544. The maximum Gasteiger partial charge on any atom is 0.123 e. The zero-order valence-electron chi connectivity index (χ0n) is 12.6. The standard InChI is InChI=1S/C19H14FN3/c1-13-9-10-21-11-17(13)16-3-2-4-18-19(16)22-12-23(18)15-7-5-14(20)6-8-15/h2-12H,1H3. The molecule has 112 valence electrons. The van der Waals surface area contributed by atoms with E-state index in [2.05, 4.69) is 16.9 Å². The van der Waals surface area contributed by atoms with Crippen LogP contribution in [0.15, 0.2) is 67.3 Å². The first-order valence-electron chi connectivity index (χ1n) is 7.37. The average molecular weight is 303 g/mol. The second kappa shape index (κ2) is 5.32. The average Bonchev–Trinajstić information content (AvgIpc) is 3.00. The number of benzene rings is 2. The minimum Gasteiger partial charge on any atom is -0.299 e. The van der Waals surface area contributed by atoms with Crippen molar-refractivity contribution in [1.29, 1.82) is 0 Å². The second-order valence-electron chi connectivity index (χ2n) is 5.45. The van der Waals surface area contributed by atoms with Crippen molar-refractivity contribution in [3.05, 3.63) is 78.6 Å². The highest BCUT2D eigenvalue weighted by Gasteiger charge is 2.11. The van der Waals surface area contributed by atoms with Crippen molar-refractivity contribution < 1.29 is 4.39 Å². The van der Waals surface area contributed by atoms with Gasteiger partial charge >= 0.3 is 0 Å². The van der Waals surface area contributed by atoms with Crippen LogP contribution in [0.1, 0.15) is 5.56 Å². The lowest BCUT2D eigenvalue weighted by molar-refractivity contribution is 0.627. The molecule has 4 rings (SSSR count). The third kappa shape index (κ3) is 2.28. The molecule has 0 spiro atoms. The summed E-state index contributed by atoms with van der Waals surface area (Å²) in [4.78, 5) is 8.80. The molecule has 23 heavy (non-hydrogen) atoms. The number of aromatic nitrogens is 3. The Labute approximate surface area is 133 Å². The number of imidazole rings is 1. The Morgan fingerprint density at radius 1 is 0.957 bits per heavy atom. The first-order valence-corrected chi connectivity index (χ1v) is 7.37. The molecule has 0 aliphatic heterocycles. The van der Waals surface area contributed by atoms with Crippen LogP contribution < -0.4 is 0 Å². The van der Waals surface area contributed by atoms with Gasteiger partial charge in [-0.2, -0.15) is 0 Å². The first kappa shape index (κ1) is 13.6. The number of pyridine rings is 1. The van der Waals surface area contributed by atoms with Gasteiger partial charge in [-0.3, -0.25) is 9.55 Å². The van der Waals surface area contributed by atoms with E-state index in [0.29, 0.717) is 0 Å². The number of hydrogen-bond donors (Lipinski definition) is 0. The van der Waals surface area contributed by atoms with Crippen molar-refractivity contribution in [3.8, 4) is 16.8 Å². The number of fused-ring (bicyclic) bond motifs is 1. The number of halogens is 1. The minimum atomic E-state index is -0.246. The Kier molecular flexibility index (Phi) is 3.15. The first-order chi connectivity index (χ1) is 11.2. The van der Waals surface area contributed by atoms with E-state index in [4.69, 9.17) is 0 Å². The van der Waals surface area contributed by atoms with Crippen LogP contribution in [0.5, 0.6) is 0 Å². The molecule has 0 atom stereocenters. The van der Waals surface area contributed by atoms with Gasteiger partial charge in [-0.25, -0.2) is 9.37 Å². The maximum atomic E-state index is 13.1. The number of aryl methyl sites for hydroxylation is 1. The highest BCUT2D eigenvalue weighted by atomic mass is 19.1. The number of nitrogens with zero attached hydrogens (tertiary/aromatic N) is 3. The van der Waals surface area contributed by atoms with E-state index in [9.17, 15) is 4.39 Å². The van der Waals surface area contributed by atoms with Crippen molar-refractivity contribution >= 4 is 11.0 Å². The molecule has 0 saturated carbocycles. The van der Waals surface area contributed by atoms with Gasteiger partial charge in [0.1, 0.15) is 12.1 Å². The van der Waals surface area contributed by atoms with Crippen molar-refractivity contribution in [2.45, 2.75) is 6.92 Å². The fourth-order valence-corrected chi connectivity index (χ4v) is 2.81. The SMILES string of the molecule is Cc1ccncc1-c1cccc2c1ncn2-c1ccc(F)cc1. The van der Waals surface area contributed by atoms with E-state index in [1.165, 1.54) is 12.1 Å². The number of para-hydroxylation sites is 1. The largest absolute Gasteiger partial charge is 0.299 e. The third-order valence-electron chi connectivity index (χ3n) is 4.01. The zero-order valence-corrected chi connectivity index (χ0v) is 12.6. The second-order valence-corrected chi connectivity index (χ2v) is 5.45. The van der Waals surface area contributed by atoms with E-state index in [-0.39, 0.29) is 5.82 Å². The van der Waals surface area contributed by atoms with Gasteiger partial charge in [0, 0.05) is 29.2 Å². The van der Waals surface area contributed by atoms with Crippen LogP contribution in [0.4, 0.5) is 4.39 Å². The Balaban J connectivity index is 1.94.